The highest BCUT2D eigenvalue weighted by atomic mass is 16.6. The Morgan fingerprint density at radius 3 is 2.86 bits per heavy atom. The number of carbonyl (C=O) groups excluding carboxylic acids is 1. The monoisotopic (exact) mass is 291 g/mol. The Morgan fingerprint density at radius 1 is 1.52 bits per heavy atom. The molecular weight excluding hydrogens is 278 g/mol. The van der Waals surface area contributed by atoms with Crippen molar-refractivity contribution in [3.63, 3.8) is 0 Å². The largest absolute Gasteiger partial charge is 0.373 e. The Hall–Kier alpha value is -3.04. The third-order valence-corrected chi connectivity index (χ3v) is 2.79. The Labute approximate surface area is 119 Å². The second kappa shape index (κ2) is 5.94. The number of nitro groups is 1. The van der Waals surface area contributed by atoms with E-state index in [9.17, 15) is 14.9 Å². The van der Waals surface area contributed by atoms with E-state index in [1.54, 1.807) is 18.7 Å². The molecule has 0 aromatic carbocycles. The minimum absolute atomic E-state index is 0.0680. The van der Waals surface area contributed by atoms with Crippen molar-refractivity contribution in [2.75, 3.05) is 12.4 Å². The van der Waals surface area contributed by atoms with Gasteiger partial charge in [0.1, 0.15) is 23.9 Å². The molecule has 2 N–H and O–H groups in total. The van der Waals surface area contributed by atoms with E-state index in [-0.39, 0.29) is 17.8 Å². The second-order valence-corrected chi connectivity index (χ2v) is 4.13. The standard InChI is InChI=1S/C11H13N7O3/c1-12-9-3-7(8(4-13-9)18(20)21)11(19)14-5-10-16-15-6-17(10)2/h3-4,6H,5H2,1-2H3,(H,12,13)(H,14,19). The third-order valence-electron chi connectivity index (χ3n) is 2.79. The topological polar surface area (TPSA) is 128 Å². The van der Waals surface area contributed by atoms with Gasteiger partial charge in [0.15, 0.2) is 5.82 Å². The van der Waals surface area contributed by atoms with Gasteiger partial charge in [0.25, 0.3) is 11.6 Å². The van der Waals surface area contributed by atoms with Crippen LogP contribution in [-0.2, 0) is 13.6 Å². The average Bonchev–Trinajstić information content (AvgIpc) is 2.89. The number of anilines is 1. The van der Waals surface area contributed by atoms with Gasteiger partial charge in [0, 0.05) is 20.2 Å². The summed E-state index contributed by atoms with van der Waals surface area (Å²) in [5.41, 5.74) is -0.425. The zero-order valence-electron chi connectivity index (χ0n) is 11.4. The zero-order chi connectivity index (χ0) is 15.4. The fourth-order valence-electron chi connectivity index (χ4n) is 1.63. The molecule has 0 unspecified atom stereocenters. The average molecular weight is 291 g/mol. The van der Waals surface area contributed by atoms with Crippen LogP contribution in [0, 0.1) is 10.1 Å². The van der Waals surface area contributed by atoms with Crippen molar-refractivity contribution in [2.24, 2.45) is 7.05 Å². The number of nitrogens with one attached hydrogen (secondary N) is 2. The summed E-state index contributed by atoms with van der Waals surface area (Å²) in [5.74, 6) is 0.321. The van der Waals surface area contributed by atoms with Crippen molar-refractivity contribution in [1.82, 2.24) is 25.1 Å². The summed E-state index contributed by atoms with van der Waals surface area (Å²) >= 11 is 0. The normalized spacial score (nSPS) is 10.2. The molecule has 2 aromatic heterocycles. The molecule has 10 nitrogen and oxygen atoms in total. The Kier molecular flexibility index (Phi) is 4.07. The second-order valence-electron chi connectivity index (χ2n) is 4.13. The van der Waals surface area contributed by atoms with Crippen LogP contribution >= 0.6 is 0 Å². The summed E-state index contributed by atoms with van der Waals surface area (Å²) in [6.07, 6.45) is 2.54. The first-order valence-corrected chi connectivity index (χ1v) is 5.96. The van der Waals surface area contributed by atoms with Crippen molar-refractivity contribution < 1.29 is 9.72 Å². The van der Waals surface area contributed by atoms with E-state index < -0.39 is 10.8 Å². The number of amides is 1. The lowest BCUT2D eigenvalue weighted by Gasteiger charge is -2.07. The highest BCUT2D eigenvalue weighted by molar-refractivity contribution is 5.98. The number of aromatic nitrogens is 4. The first-order chi connectivity index (χ1) is 10.0. The lowest BCUT2D eigenvalue weighted by atomic mass is 10.2. The molecule has 0 spiro atoms. The molecule has 2 rings (SSSR count). The third kappa shape index (κ3) is 3.11. The van der Waals surface area contributed by atoms with Crippen LogP contribution < -0.4 is 10.6 Å². The molecule has 0 aliphatic carbocycles. The molecular formula is C11H13N7O3. The summed E-state index contributed by atoms with van der Waals surface area (Å²) in [5, 5.41) is 23.7. The predicted molar refractivity (Wildman–Crippen MR) is 72.6 cm³/mol. The van der Waals surface area contributed by atoms with E-state index in [1.807, 2.05) is 0 Å². The van der Waals surface area contributed by atoms with Crippen LogP contribution in [0.2, 0.25) is 0 Å². The molecule has 2 aromatic rings. The Bertz CT molecular complexity index is 682. The van der Waals surface area contributed by atoms with Gasteiger partial charge < -0.3 is 15.2 Å². The number of aryl methyl sites for hydroxylation is 1. The van der Waals surface area contributed by atoms with Gasteiger partial charge in [-0.15, -0.1) is 10.2 Å². The van der Waals surface area contributed by atoms with Crippen LogP contribution in [0.25, 0.3) is 0 Å². The van der Waals surface area contributed by atoms with Crippen LogP contribution in [0.15, 0.2) is 18.6 Å². The molecule has 0 fully saturated rings. The molecule has 0 atom stereocenters. The maximum atomic E-state index is 12.1. The van der Waals surface area contributed by atoms with Gasteiger partial charge >= 0.3 is 0 Å². The molecule has 110 valence electrons. The number of pyridine rings is 1. The van der Waals surface area contributed by atoms with E-state index in [0.717, 1.165) is 6.20 Å². The van der Waals surface area contributed by atoms with Gasteiger partial charge in [-0.05, 0) is 0 Å². The minimum atomic E-state index is -0.649. The van der Waals surface area contributed by atoms with Crippen LogP contribution in [0.5, 0.6) is 0 Å². The number of rotatable bonds is 5. The number of carbonyl (C=O) groups is 1. The van der Waals surface area contributed by atoms with Crippen molar-refractivity contribution in [2.45, 2.75) is 6.54 Å². The molecule has 0 aliphatic heterocycles. The van der Waals surface area contributed by atoms with Crippen LogP contribution in [-0.4, -0.2) is 37.6 Å². The Balaban J connectivity index is 2.21. The van der Waals surface area contributed by atoms with Crippen LogP contribution in [0.3, 0.4) is 0 Å². The van der Waals surface area contributed by atoms with E-state index in [1.165, 1.54) is 12.4 Å². The van der Waals surface area contributed by atoms with Gasteiger partial charge in [-0.2, -0.15) is 0 Å². The van der Waals surface area contributed by atoms with Crippen LogP contribution in [0.4, 0.5) is 11.5 Å². The SMILES string of the molecule is CNc1cc(C(=O)NCc2nncn2C)c([N+](=O)[O-])cn1. The van der Waals surface area contributed by atoms with E-state index in [0.29, 0.717) is 11.6 Å². The van der Waals surface area contributed by atoms with Crippen molar-refractivity contribution in [3.8, 4) is 0 Å². The molecule has 0 bridgehead atoms. The molecule has 10 heteroatoms. The predicted octanol–water partition coefficient (Wildman–Crippen LogP) is 0.0900. The first-order valence-electron chi connectivity index (χ1n) is 5.96. The minimum Gasteiger partial charge on any atom is -0.373 e. The summed E-state index contributed by atoms with van der Waals surface area (Å²) in [4.78, 5) is 26.2. The van der Waals surface area contributed by atoms with Crippen molar-refractivity contribution in [1.29, 1.82) is 0 Å². The van der Waals surface area contributed by atoms with Gasteiger partial charge in [0.05, 0.1) is 11.5 Å². The Morgan fingerprint density at radius 2 is 2.29 bits per heavy atom. The van der Waals surface area contributed by atoms with Gasteiger partial charge in [0.2, 0.25) is 0 Å². The lowest BCUT2D eigenvalue weighted by Crippen LogP contribution is -2.25. The van der Waals surface area contributed by atoms with Gasteiger partial charge in [-0.1, -0.05) is 0 Å². The van der Waals surface area contributed by atoms with E-state index >= 15 is 0 Å². The summed E-state index contributed by atoms with van der Waals surface area (Å²) < 4.78 is 1.64. The quantitative estimate of drug-likeness (QED) is 0.590. The van der Waals surface area contributed by atoms with Gasteiger partial charge in [-0.3, -0.25) is 14.9 Å². The number of hydrogen-bond acceptors (Lipinski definition) is 7. The molecule has 0 radical (unpaired) electrons. The fourth-order valence-corrected chi connectivity index (χ4v) is 1.63. The van der Waals surface area contributed by atoms with E-state index in [2.05, 4.69) is 25.8 Å². The summed E-state index contributed by atoms with van der Waals surface area (Å²) in [7, 11) is 3.34. The van der Waals surface area contributed by atoms with Crippen LogP contribution in [0.1, 0.15) is 16.2 Å². The molecule has 0 aliphatic rings. The highest BCUT2D eigenvalue weighted by Gasteiger charge is 2.21. The first kappa shape index (κ1) is 14.4. The highest BCUT2D eigenvalue weighted by Crippen LogP contribution is 2.20. The fraction of sp³-hybridized carbons (Fsp3) is 0.273. The smallest absolute Gasteiger partial charge is 0.300 e. The molecule has 0 saturated heterocycles. The molecule has 1 amide bonds. The van der Waals surface area contributed by atoms with Crippen molar-refractivity contribution in [3.05, 3.63) is 40.1 Å². The zero-order valence-corrected chi connectivity index (χ0v) is 11.4. The maximum Gasteiger partial charge on any atom is 0.300 e. The number of nitrogens with zero attached hydrogens (tertiary/aromatic N) is 5. The van der Waals surface area contributed by atoms with Gasteiger partial charge in [-0.25, -0.2) is 4.98 Å². The summed E-state index contributed by atoms with van der Waals surface area (Å²) in [6, 6.07) is 1.32. The maximum absolute atomic E-state index is 12.1. The number of hydrogen-bond donors (Lipinski definition) is 2. The lowest BCUT2D eigenvalue weighted by molar-refractivity contribution is -0.385. The summed E-state index contributed by atoms with van der Waals surface area (Å²) in [6.45, 7) is 0.115. The molecule has 21 heavy (non-hydrogen) atoms. The van der Waals surface area contributed by atoms with E-state index in [4.69, 9.17) is 0 Å². The molecule has 2 heterocycles. The van der Waals surface area contributed by atoms with Crippen molar-refractivity contribution >= 4 is 17.4 Å². The molecule has 0 saturated carbocycles.